The summed E-state index contributed by atoms with van der Waals surface area (Å²) in [7, 11) is 0. The van der Waals surface area contributed by atoms with Gasteiger partial charge in [0.25, 0.3) is 0 Å². The van der Waals surface area contributed by atoms with Gasteiger partial charge in [-0.05, 0) is 63.6 Å². The van der Waals surface area contributed by atoms with Crippen LogP contribution in [-0.4, -0.2) is 21.8 Å². The first-order valence-electron chi connectivity index (χ1n) is 7.64. The summed E-state index contributed by atoms with van der Waals surface area (Å²) in [6.07, 6.45) is 10.3. The van der Waals surface area contributed by atoms with E-state index in [4.69, 9.17) is 0 Å². The third kappa shape index (κ3) is 4.08. The molecular weight excluding hydrogens is 236 g/mol. The summed E-state index contributed by atoms with van der Waals surface area (Å²) in [5.74, 6) is 0. The predicted octanol–water partition coefficient (Wildman–Crippen LogP) is 3.03. The van der Waals surface area contributed by atoms with Crippen molar-refractivity contribution in [3.8, 4) is 0 Å². The van der Waals surface area contributed by atoms with Crippen LogP contribution in [0.3, 0.4) is 0 Å². The zero-order valence-electron chi connectivity index (χ0n) is 12.6. The van der Waals surface area contributed by atoms with Crippen LogP contribution in [0.25, 0.3) is 0 Å². The van der Waals surface area contributed by atoms with E-state index in [1.807, 2.05) is 13.8 Å². The molecular formula is C16H28N2O. The van der Waals surface area contributed by atoms with Crippen LogP contribution in [0.4, 0.5) is 0 Å². The second kappa shape index (κ2) is 6.10. The Kier molecular flexibility index (Phi) is 4.69. The maximum absolute atomic E-state index is 9.82. The van der Waals surface area contributed by atoms with Crippen molar-refractivity contribution < 1.29 is 5.11 Å². The Hall–Kier alpha value is -0.800. The van der Waals surface area contributed by atoms with E-state index >= 15 is 0 Å². The van der Waals surface area contributed by atoms with E-state index in [0.29, 0.717) is 6.04 Å². The third-order valence-electron chi connectivity index (χ3n) is 3.93. The van der Waals surface area contributed by atoms with Crippen molar-refractivity contribution in [3.05, 3.63) is 23.5 Å². The van der Waals surface area contributed by atoms with Gasteiger partial charge in [-0.25, -0.2) is 0 Å². The zero-order valence-corrected chi connectivity index (χ0v) is 12.6. The van der Waals surface area contributed by atoms with Gasteiger partial charge in [-0.1, -0.05) is 6.92 Å². The topological polar surface area (TPSA) is 37.2 Å². The SMILES string of the molecule is CCCNC1CCCc2cn(CCC(C)(C)O)cc21. The van der Waals surface area contributed by atoms with Gasteiger partial charge >= 0.3 is 0 Å². The average molecular weight is 264 g/mol. The number of hydrogen-bond acceptors (Lipinski definition) is 2. The smallest absolute Gasteiger partial charge is 0.0608 e. The van der Waals surface area contributed by atoms with Gasteiger partial charge in [0.15, 0.2) is 0 Å². The number of rotatable bonds is 6. The molecule has 1 aliphatic rings. The number of aryl methyl sites for hydroxylation is 2. The Bertz CT molecular complexity index is 403. The van der Waals surface area contributed by atoms with Crippen LogP contribution < -0.4 is 5.32 Å². The highest BCUT2D eigenvalue weighted by atomic mass is 16.3. The summed E-state index contributed by atoms with van der Waals surface area (Å²) in [5.41, 5.74) is 2.40. The lowest BCUT2D eigenvalue weighted by Gasteiger charge is -2.23. The lowest BCUT2D eigenvalue weighted by atomic mass is 9.91. The number of fused-ring (bicyclic) bond motifs is 1. The van der Waals surface area contributed by atoms with Crippen molar-refractivity contribution in [1.29, 1.82) is 0 Å². The highest BCUT2D eigenvalue weighted by Gasteiger charge is 2.22. The van der Waals surface area contributed by atoms with Gasteiger partial charge in [0.05, 0.1) is 5.60 Å². The van der Waals surface area contributed by atoms with Gasteiger partial charge in [-0.3, -0.25) is 0 Å². The van der Waals surface area contributed by atoms with Crippen LogP contribution in [0.2, 0.25) is 0 Å². The molecule has 3 heteroatoms. The molecule has 2 N–H and O–H groups in total. The molecule has 19 heavy (non-hydrogen) atoms. The van der Waals surface area contributed by atoms with Crippen LogP contribution in [0.5, 0.6) is 0 Å². The minimum absolute atomic E-state index is 0.534. The molecule has 2 rings (SSSR count). The van der Waals surface area contributed by atoms with Crippen molar-refractivity contribution in [2.24, 2.45) is 0 Å². The van der Waals surface area contributed by atoms with Gasteiger partial charge in [0, 0.05) is 25.0 Å². The average Bonchev–Trinajstić information content (AvgIpc) is 2.76. The molecule has 1 aliphatic carbocycles. The Balaban J connectivity index is 2.03. The van der Waals surface area contributed by atoms with E-state index in [9.17, 15) is 5.11 Å². The molecule has 0 aliphatic heterocycles. The lowest BCUT2D eigenvalue weighted by Crippen LogP contribution is -2.25. The maximum atomic E-state index is 9.82. The van der Waals surface area contributed by atoms with Crippen molar-refractivity contribution >= 4 is 0 Å². The Morgan fingerprint density at radius 2 is 2.21 bits per heavy atom. The Labute approximate surface area is 117 Å². The Morgan fingerprint density at radius 3 is 2.89 bits per heavy atom. The highest BCUT2D eigenvalue weighted by Crippen LogP contribution is 2.30. The molecule has 3 nitrogen and oxygen atoms in total. The first kappa shape index (κ1) is 14.6. The summed E-state index contributed by atoms with van der Waals surface area (Å²) in [6, 6.07) is 0.534. The number of aliphatic hydroxyl groups is 1. The summed E-state index contributed by atoms with van der Waals surface area (Å²) in [4.78, 5) is 0. The summed E-state index contributed by atoms with van der Waals surface area (Å²) >= 11 is 0. The van der Waals surface area contributed by atoms with Crippen LogP contribution in [0.15, 0.2) is 12.4 Å². The first-order chi connectivity index (χ1) is 8.99. The van der Waals surface area contributed by atoms with E-state index in [2.05, 4.69) is 29.2 Å². The molecule has 0 bridgehead atoms. The summed E-state index contributed by atoms with van der Waals surface area (Å²) in [5, 5.41) is 13.5. The Morgan fingerprint density at radius 1 is 1.42 bits per heavy atom. The van der Waals surface area contributed by atoms with Crippen LogP contribution in [0.1, 0.15) is 63.6 Å². The third-order valence-corrected chi connectivity index (χ3v) is 3.93. The maximum Gasteiger partial charge on any atom is 0.0608 e. The van der Waals surface area contributed by atoms with Crippen LogP contribution in [0, 0.1) is 0 Å². The number of nitrogens with zero attached hydrogens (tertiary/aromatic N) is 1. The molecule has 0 radical (unpaired) electrons. The van der Waals surface area contributed by atoms with E-state index in [0.717, 1.165) is 19.5 Å². The molecule has 0 amide bonds. The normalized spacial score (nSPS) is 19.5. The quantitative estimate of drug-likeness (QED) is 0.828. The fourth-order valence-electron chi connectivity index (χ4n) is 2.81. The van der Waals surface area contributed by atoms with E-state index < -0.39 is 5.60 Å². The molecule has 1 aromatic heterocycles. The second-order valence-corrected chi connectivity index (χ2v) is 6.44. The molecule has 0 saturated heterocycles. The standard InChI is InChI=1S/C16H28N2O/c1-4-9-17-15-7-5-6-13-11-18(12-14(13)15)10-8-16(2,3)19/h11-12,15,17,19H,4-10H2,1-3H3. The van der Waals surface area contributed by atoms with Gasteiger partial charge in [0.2, 0.25) is 0 Å². The highest BCUT2D eigenvalue weighted by molar-refractivity contribution is 5.30. The molecule has 0 fully saturated rings. The van der Waals surface area contributed by atoms with Crippen molar-refractivity contribution in [1.82, 2.24) is 9.88 Å². The van der Waals surface area contributed by atoms with Crippen molar-refractivity contribution in [2.45, 2.75) is 71.1 Å². The van der Waals surface area contributed by atoms with Gasteiger partial charge in [-0.15, -0.1) is 0 Å². The minimum Gasteiger partial charge on any atom is -0.390 e. The molecule has 1 heterocycles. The second-order valence-electron chi connectivity index (χ2n) is 6.44. The van der Waals surface area contributed by atoms with Crippen molar-refractivity contribution in [2.75, 3.05) is 6.54 Å². The fourth-order valence-corrected chi connectivity index (χ4v) is 2.81. The predicted molar refractivity (Wildman–Crippen MR) is 79.3 cm³/mol. The largest absolute Gasteiger partial charge is 0.390 e. The fraction of sp³-hybridized carbons (Fsp3) is 0.750. The molecule has 108 valence electrons. The molecule has 0 aromatic carbocycles. The molecule has 1 aromatic rings. The van der Waals surface area contributed by atoms with E-state index in [1.165, 1.54) is 36.8 Å². The minimum atomic E-state index is -0.579. The van der Waals surface area contributed by atoms with Crippen LogP contribution >= 0.6 is 0 Å². The summed E-state index contributed by atoms with van der Waals surface area (Å²) < 4.78 is 2.26. The van der Waals surface area contributed by atoms with Gasteiger partial charge in [-0.2, -0.15) is 0 Å². The van der Waals surface area contributed by atoms with E-state index in [1.54, 1.807) is 0 Å². The number of aromatic nitrogens is 1. The molecule has 0 spiro atoms. The lowest BCUT2D eigenvalue weighted by molar-refractivity contribution is 0.0662. The number of hydrogen-bond donors (Lipinski definition) is 2. The van der Waals surface area contributed by atoms with Crippen molar-refractivity contribution in [3.63, 3.8) is 0 Å². The van der Waals surface area contributed by atoms with Crippen LogP contribution in [-0.2, 0) is 13.0 Å². The number of nitrogens with one attached hydrogen (secondary N) is 1. The monoisotopic (exact) mass is 264 g/mol. The van der Waals surface area contributed by atoms with Gasteiger partial charge in [0.1, 0.15) is 0 Å². The zero-order chi connectivity index (χ0) is 13.9. The molecule has 1 atom stereocenters. The first-order valence-corrected chi connectivity index (χ1v) is 7.64. The summed E-state index contributed by atoms with van der Waals surface area (Å²) in [6.45, 7) is 7.96. The van der Waals surface area contributed by atoms with E-state index in [-0.39, 0.29) is 0 Å². The van der Waals surface area contributed by atoms with Gasteiger partial charge < -0.3 is 15.0 Å². The molecule has 0 saturated carbocycles. The molecule has 1 unspecified atom stereocenters.